The van der Waals surface area contributed by atoms with Crippen molar-refractivity contribution in [1.29, 1.82) is 0 Å². The predicted octanol–water partition coefficient (Wildman–Crippen LogP) is 5.01. The van der Waals surface area contributed by atoms with Gasteiger partial charge in [0.05, 0.1) is 0 Å². The van der Waals surface area contributed by atoms with Gasteiger partial charge in [0.1, 0.15) is 0 Å². The third kappa shape index (κ3) is 3.12. The van der Waals surface area contributed by atoms with E-state index in [0.29, 0.717) is 11.8 Å². The summed E-state index contributed by atoms with van der Waals surface area (Å²) in [4.78, 5) is 0. The van der Waals surface area contributed by atoms with Gasteiger partial charge in [-0.1, -0.05) is 0 Å². The molecule has 2 N–H and O–H groups in total. The first-order chi connectivity index (χ1) is 14.1. The number of nitrogens with zero attached hydrogens (tertiary/aromatic N) is 2. The number of hydrazone groups is 2. The van der Waals surface area contributed by atoms with E-state index in [1.165, 1.54) is 0 Å². The molecule has 0 aromatic heterocycles. The van der Waals surface area contributed by atoms with E-state index in [0.717, 1.165) is 25.4 Å². The molecule has 3 aromatic rings. The molecule has 6 nitrogen and oxygen atoms in total. The first-order valence-electron chi connectivity index (χ1n) is 8.77. The summed E-state index contributed by atoms with van der Waals surface area (Å²) in [5.74, 6) is 0.887. The Labute approximate surface area is 184 Å². The summed E-state index contributed by atoms with van der Waals surface area (Å²) in [5.41, 5.74) is 1.67. The van der Waals surface area contributed by atoms with Gasteiger partial charge in [0.2, 0.25) is 0 Å². The van der Waals surface area contributed by atoms with Crippen LogP contribution in [0.3, 0.4) is 0 Å². The van der Waals surface area contributed by atoms with Gasteiger partial charge >= 0.3 is 185 Å². The van der Waals surface area contributed by atoms with E-state index in [1.54, 1.807) is 0 Å². The molecule has 29 heavy (non-hydrogen) atoms. The number of hydrogen-bond acceptors (Lipinski definition) is 6. The van der Waals surface area contributed by atoms with Gasteiger partial charge in [0.25, 0.3) is 0 Å². The summed E-state index contributed by atoms with van der Waals surface area (Å²) >= 11 is 6.91. The van der Waals surface area contributed by atoms with Crippen LogP contribution in [0.25, 0.3) is 0 Å². The van der Waals surface area contributed by atoms with Crippen LogP contribution >= 0.6 is 39.2 Å². The molecule has 0 saturated heterocycles. The van der Waals surface area contributed by atoms with Crippen LogP contribution in [0.1, 0.15) is 11.1 Å². The molecule has 0 bridgehead atoms. The second-order valence-corrected chi connectivity index (χ2v) is 11.6. The van der Waals surface area contributed by atoms with Crippen LogP contribution in [0.4, 0.5) is 0 Å². The molecule has 0 fully saturated rings. The van der Waals surface area contributed by atoms with Crippen molar-refractivity contribution < 1.29 is 9.05 Å². The van der Waals surface area contributed by atoms with Crippen LogP contribution in [-0.4, -0.2) is 11.8 Å². The molecular formula is C20H15Br2N4O2P. The predicted molar refractivity (Wildman–Crippen MR) is 123 cm³/mol. The van der Waals surface area contributed by atoms with Gasteiger partial charge in [0, 0.05) is 0 Å². The molecule has 2 aliphatic heterocycles. The van der Waals surface area contributed by atoms with Crippen LogP contribution in [0.2, 0.25) is 0 Å². The summed E-state index contributed by atoms with van der Waals surface area (Å²) in [6.45, 7) is 0. The Hall–Kier alpha value is -2.41. The molecule has 3 aromatic carbocycles. The van der Waals surface area contributed by atoms with Crippen molar-refractivity contribution in [1.82, 2.24) is 10.4 Å². The van der Waals surface area contributed by atoms with Crippen molar-refractivity contribution in [3.05, 3.63) is 98.9 Å². The van der Waals surface area contributed by atoms with E-state index in [-0.39, 0.29) is 0 Å². The fraction of sp³-hybridized carbons (Fsp3) is 0. The maximum absolute atomic E-state index is 6.48. The number of hydrogen-bond donors (Lipinski definition) is 2. The number of rotatable bonds is 3. The monoisotopic (exact) mass is 532 g/mol. The van der Waals surface area contributed by atoms with Gasteiger partial charge in [0.15, 0.2) is 0 Å². The fourth-order valence-electron chi connectivity index (χ4n) is 3.11. The SMILES string of the molecule is Brc1ccc(C2=NNP3(c4ccccc4)(NN=C(c4ccc(Br)cc4)O3)O2)cc1. The molecule has 0 unspecified atom stereocenters. The summed E-state index contributed by atoms with van der Waals surface area (Å²) in [5, 5.41) is 16.1. The van der Waals surface area contributed by atoms with Crippen molar-refractivity contribution in [2.75, 3.05) is 0 Å². The minimum absolute atomic E-state index is 0.443. The van der Waals surface area contributed by atoms with Crippen molar-refractivity contribution in [2.45, 2.75) is 0 Å². The van der Waals surface area contributed by atoms with Gasteiger partial charge in [-0.15, -0.1) is 0 Å². The summed E-state index contributed by atoms with van der Waals surface area (Å²) in [6, 6.07) is 25.2. The maximum atomic E-state index is 6.48. The van der Waals surface area contributed by atoms with Gasteiger partial charge in [-0.25, -0.2) is 0 Å². The molecular weight excluding hydrogens is 519 g/mol. The molecule has 0 amide bonds. The molecule has 9 heteroatoms. The average molecular weight is 534 g/mol. The van der Waals surface area contributed by atoms with Gasteiger partial charge in [-0.3, -0.25) is 0 Å². The van der Waals surface area contributed by atoms with Gasteiger partial charge in [-0.05, 0) is 0 Å². The van der Waals surface area contributed by atoms with Crippen molar-refractivity contribution in [3.8, 4) is 0 Å². The third-order valence-corrected chi connectivity index (χ3v) is 8.86. The van der Waals surface area contributed by atoms with Gasteiger partial charge in [-0.2, -0.15) is 0 Å². The Morgan fingerprint density at radius 1 is 0.621 bits per heavy atom. The third-order valence-electron chi connectivity index (χ3n) is 4.60. The number of benzene rings is 3. The first-order valence-corrected chi connectivity index (χ1v) is 12.4. The number of halogens is 2. The Morgan fingerprint density at radius 3 is 1.52 bits per heavy atom. The van der Waals surface area contributed by atoms with Crippen LogP contribution < -0.4 is 15.7 Å². The normalized spacial score (nSPS) is 19.6. The standard InChI is InChI=1S/C20H15Br2N4O2P/c21-16-10-6-14(7-11-16)19-23-25-29(27-19,18-4-2-1-3-5-18)26-24-20(28-29)15-8-12-17(22)13-9-15/h1-13,25-26H. The van der Waals surface area contributed by atoms with E-state index in [9.17, 15) is 0 Å². The molecule has 1 spiro atoms. The minimum atomic E-state index is -3.84. The zero-order valence-corrected chi connectivity index (χ0v) is 19.0. The molecule has 2 aliphatic rings. The zero-order valence-electron chi connectivity index (χ0n) is 14.9. The Morgan fingerprint density at radius 2 is 1.07 bits per heavy atom. The molecule has 146 valence electrons. The van der Waals surface area contributed by atoms with Crippen LogP contribution in [0, 0.1) is 0 Å². The Kier molecular flexibility index (Phi) is 4.38. The average Bonchev–Trinajstić information content (AvgIpc) is 3.34. The van der Waals surface area contributed by atoms with Gasteiger partial charge < -0.3 is 0 Å². The first kappa shape index (κ1) is 18.6. The topological polar surface area (TPSA) is 67.2 Å². The second kappa shape index (κ2) is 6.83. The van der Waals surface area contributed by atoms with Crippen molar-refractivity contribution in [2.24, 2.45) is 10.2 Å². The summed E-state index contributed by atoms with van der Waals surface area (Å²) < 4.78 is 14.9. The van der Waals surface area contributed by atoms with E-state index in [2.05, 4.69) is 52.5 Å². The van der Waals surface area contributed by atoms with Crippen LogP contribution in [-0.2, 0) is 9.05 Å². The van der Waals surface area contributed by atoms with Crippen LogP contribution in [0.15, 0.2) is 98.0 Å². The summed E-state index contributed by atoms with van der Waals surface area (Å²) in [6.07, 6.45) is 0. The molecule has 0 radical (unpaired) electrons. The zero-order chi connectivity index (χ0) is 19.9. The Bertz CT molecular complexity index is 1060. The summed E-state index contributed by atoms with van der Waals surface area (Å²) in [7, 11) is -3.84. The molecule has 0 saturated carbocycles. The molecule has 2 heterocycles. The number of nitrogens with one attached hydrogen (secondary N) is 2. The fourth-order valence-corrected chi connectivity index (χ4v) is 6.53. The van der Waals surface area contributed by atoms with Crippen LogP contribution in [0.5, 0.6) is 0 Å². The van der Waals surface area contributed by atoms with E-state index in [4.69, 9.17) is 9.05 Å². The molecule has 5 rings (SSSR count). The second-order valence-electron chi connectivity index (χ2n) is 6.52. The van der Waals surface area contributed by atoms with E-state index in [1.807, 2.05) is 78.9 Å². The van der Waals surface area contributed by atoms with E-state index >= 15 is 0 Å². The Balaban J connectivity index is 1.54. The molecule has 0 atom stereocenters. The molecule has 0 aliphatic carbocycles. The quantitative estimate of drug-likeness (QED) is 0.464. The van der Waals surface area contributed by atoms with E-state index < -0.39 is 7.36 Å². The van der Waals surface area contributed by atoms with Crippen molar-refractivity contribution >= 4 is 56.3 Å². The van der Waals surface area contributed by atoms with Crippen molar-refractivity contribution in [3.63, 3.8) is 0 Å².